The SMILES string of the molecule is CCC1CN(CC2(O)CCCCC2)CCN1CCOC. The highest BCUT2D eigenvalue weighted by molar-refractivity contribution is 4.89. The first-order valence-corrected chi connectivity index (χ1v) is 8.34. The fourth-order valence-electron chi connectivity index (χ4n) is 3.78. The first-order valence-electron chi connectivity index (χ1n) is 8.34. The topological polar surface area (TPSA) is 35.9 Å². The molecule has 1 N–H and O–H groups in total. The molecule has 2 rings (SSSR count). The van der Waals surface area contributed by atoms with Crippen molar-refractivity contribution in [1.29, 1.82) is 0 Å². The van der Waals surface area contributed by atoms with Crippen LogP contribution in [-0.2, 0) is 4.74 Å². The van der Waals surface area contributed by atoms with E-state index in [0.717, 1.165) is 52.2 Å². The first kappa shape index (κ1) is 16.2. The average molecular weight is 284 g/mol. The van der Waals surface area contributed by atoms with Gasteiger partial charge >= 0.3 is 0 Å². The van der Waals surface area contributed by atoms with E-state index in [-0.39, 0.29) is 0 Å². The minimum atomic E-state index is -0.411. The Morgan fingerprint density at radius 1 is 1.20 bits per heavy atom. The summed E-state index contributed by atoms with van der Waals surface area (Å²) in [5, 5.41) is 10.7. The van der Waals surface area contributed by atoms with Crippen molar-refractivity contribution in [3.05, 3.63) is 0 Å². The molecule has 1 saturated carbocycles. The van der Waals surface area contributed by atoms with Crippen LogP contribution in [0.2, 0.25) is 0 Å². The van der Waals surface area contributed by atoms with Crippen LogP contribution < -0.4 is 0 Å². The van der Waals surface area contributed by atoms with Gasteiger partial charge in [-0.25, -0.2) is 0 Å². The lowest BCUT2D eigenvalue weighted by Crippen LogP contribution is -2.57. The Balaban J connectivity index is 1.83. The molecule has 2 aliphatic rings. The molecule has 1 heterocycles. The number of β-amino-alcohol motifs (C(OH)–C–C–N with tert-alkyl or cyclic N) is 1. The maximum atomic E-state index is 10.7. The van der Waals surface area contributed by atoms with Crippen molar-refractivity contribution in [1.82, 2.24) is 9.80 Å². The molecule has 1 atom stereocenters. The van der Waals surface area contributed by atoms with Crippen molar-refractivity contribution in [3.8, 4) is 0 Å². The zero-order chi connectivity index (χ0) is 14.4. The van der Waals surface area contributed by atoms with E-state index in [0.29, 0.717) is 6.04 Å². The Kier molecular flexibility index (Phi) is 6.27. The zero-order valence-corrected chi connectivity index (χ0v) is 13.3. The molecule has 0 aromatic heterocycles. The summed E-state index contributed by atoms with van der Waals surface area (Å²) in [5.41, 5.74) is -0.411. The predicted octanol–water partition coefficient (Wildman–Crippen LogP) is 1.72. The Hall–Kier alpha value is -0.160. The number of piperazine rings is 1. The highest BCUT2D eigenvalue weighted by Crippen LogP contribution is 2.29. The summed E-state index contributed by atoms with van der Waals surface area (Å²) < 4.78 is 5.21. The van der Waals surface area contributed by atoms with Gasteiger partial charge in [-0.05, 0) is 19.3 Å². The fraction of sp³-hybridized carbons (Fsp3) is 1.00. The average Bonchev–Trinajstić information content (AvgIpc) is 2.46. The zero-order valence-electron chi connectivity index (χ0n) is 13.3. The normalized spacial score (nSPS) is 28.6. The van der Waals surface area contributed by atoms with Crippen molar-refractivity contribution in [2.75, 3.05) is 46.4 Å². The smallest absolute Gasteiger partial charge is 0.0774 e. The number of aliphatic hydroxyl groups is 1. The molecule has 20 heavy (non-hydrogen) atoms. The molecule has 1 aliphatic carbocycles. The molecular weight excluding hydrogens is 252 g/mol. The standard InChI is InChI=1S/C16H32N2O2/c1-3-15-13-17(9-10-18(15)11-12-20-2)14-16(19)7-5-4-6-8-16/h15,19H,3-14H2,1-2H3. The molecule has 0 radical (unpaired) electrons. The minimum Gasteiger partial charge on any atom is -0.389 e. The van der Waals surface area contributed by atoms with Crippen LogP contribution in [0.25, 0.3) is 0 Å². The van der Waals surface area contributed by atoms with Gasteiger partial charge in [-0.2, -0.15) is 0 Å². The number of nitrogens with zero attached hydrogens (tertiary/aromatic N) is 2. The van der Waals surface area contributed by atoms with Gasteiger partial charge in [0.1, 0.15) is 0 Å². The summed E-state index contributed by atoms with van der Waals surface area (Å²) >= 11 is 0. The molecule has 0 aromatic carbocycles. The maximum Gasteiger partial charge on any atom is 0.0774 e. The number of ether oxygens (including phenoxy) is 1. The van der Waals surface area contributed by atoms with E-state index in [4.69, 9.17) is 4.74 Å². The van der Waals surface area contributed by atoms with Gasteiger partial charge in [-0.3, -0.25) is 9.80 Å². The molecule has 0 amide bonds. The van der Waals surface area contributed by atoms with Gasteiger partial charge in [0, 0.05) is 45.9 Å². The third-order valence-corrected chi connectivity index (χ3v) is 5.04. The van der Waals surface area contributed by atoms with Crippen LogP contribution in [-0.4, -0.2) is 73.0 Å². The Bertz CT molecular complexity index is 280. The van der Waals surface area contributed by atoms with Crippen molar-refractivity contribution >= 4 is 0 Å². The third-order valence-electron chi connectivity index (χ3n) is 5.04. The lowest BCUT2D eigenvalue weighted by Gasteiger charge is -2.44. The lowest BCUT2D eigenvalue weighted by molar-refractivity contribution is -0.0459. The van der Waals surface area contributed by atoms with Crippen LogP contribution in [0.3, 0.4) is 0 Å². The van der Waals surface area contributed by atoms with E-state index in [1.807, 2.05) is 0 Å². The Labute approximate surface area is 124 Å². The van der Waals surface area contributed by atoms with Crippen LogP contribution in [0.1, 0.15) is 45.4 Å². The first-order chi connectivity index (χ1) is 9.67. The molecule has 2 fully saturated rings. The predicted molar refractivity (Wildman–Crippen MR) is 82.0 cm³/mol. The van der Waals surface area contributed by atoms with Gasteiger partial charge in [0.25, 0.3) is 0 Å². The van der Waals surface area contributed by atoms with Crippen molar-refractivity contribution < 1.29 is 9.84 Å². The molecule has 1 unspecified atom stereocenters. The van der Waals surface area contributed by atoms with Crippen LogP contribution in [0.5, 0.6) is 0 Å². The minimum absolute atomic E-state index is 0.411. The van der Waals surface area contributed by atoms with E-state index >= 15 is 0 Å². The van der Waals surface area contributed by atoms with Gasteiger partial charge in [-0.15, -0.1) is 0 Å². The maximum absolute atomic E-state index is 10.7. The highest BCUT2D eigenvalue weighted by Gasteiger charge is 2.34. The summed E-state index contributed by atoms with van der Waals surface area (Å²) in [6.07, 6.45) is 6.85. The second-order valence-electron chi connectivity index (χ2n) is 6.61. The molecule has 0 aromatic rings. The van der Waals surface area contributed by atoms with Crippen molar-refractivity contribution in [2.24, 2.45) is 0 Å². The van der Waals surface area contributed by atoms with Gasteiger partial charge in [0.05, 0.1) is 12.2 Å². The fourth-order valence-corrected chi connectivity index (χ4v) is 3.78. The lowest BCUT2D eigenvalue weighted by atomic mass is 9.84. The van der Waals surface area contributed by atoms with Gasteiger partial charge < -0.3 is 9.84 Å². The summed E-state index contributed by atoms with van der Waals surface area (Å²) in [6, 6.07) is 0.617. The Morgan fingerprint density at radius 3 is 2.60 bits per heavy atom. The van der Waals surface area contributed by atoms with E-state index in [1.165, 1.54) is 25.7 Å². The van der Waals surface area contributed by atoms with Crippen molar-refractivity contribution in [2.45, 2.75) is 57.1 Å². The van der Waals surface area contributed by atoms with E-state index in [9.17, 15) is 5.11 Å². The quantitative estimate of drug-likeness (QED) is 0.806. The van der Waals surface area contributed by atoms with Crippen molar-refractivity contribution in [3.63, 3.8) is 0 Å². The molecule has 1 saturated heterocycles. The molecule has 4 nitrogen and oxygen atoms in total. The monoisotopic (exact) mass is 284 g/mol. The molecule has 118 valence electrons. The largest absolute Gasteiger partial charge is 0.389 e. The van der Waals surface area contributed by atoms with Crippen LogP contribution in [0, 0.1) is 0 Å². The summed E-state index contributed by atoms with van der Waals surface area (Å²) in [7, 11) is 1.77. The second-order valence-corrected chi connectivity index (χ2v) is 6.61. The Morgan fingerprint density at radius 2 is 1.95 bits per heavy atom. The summed E-state index contributed by atoms with van der Waals surface area (Å²) in [4.78, 5) is 5.04. The second kappa shape index (κ2) is 7.74. The van der Waals surface area contributed by atoms with E-state index in [1.54, 1.807) is 7.11 Å². The number of rotatable bonds is 6. The van der Waals surface area contributed by atoms with Gasteiger partial charge in [-0.1, -0.05) is 26.2 Å². The number of hydrogen-bond donors (Lipinski definition) is 1. The van der Waals surface area contributed by atoms with Crippen LogP contribution in [0.4, 0.5) is 0 Å². The molecule has 4 heteroatoms. The molecular formula is C16H32N2O2. The molecule has 0 bridgehead atoms. The summed E-state index contributed by atoms with van der Waals surface area (Å²) in [5.74, 6) is 0. The third kappa shape index (κ3) is 4.42. The highest BCUT2D eigenvalue weighted by atomic mass is 16.5. The van der Waals surface area contributed by atoms with Gasteiger partial charge in [0.2, 0.25) is 0 Å². The van der Waals surface area contributed by atoms with E-state index in [2.05, 4.69) is 16.7 Å². The van der Waals surface area contributed by atoms with Crippen LogP contribution >= 0.6 is 0 Å². The molecule has 0 spiro atoms. The molecule has 1 aliphatic heterocycles. The number of methoxy groups -OCH3 is 1. The van der Waals surface area contributed by atoms with E-state index < -0.39 is 5.60 Å². The van der Waals surface area contributed by atoms with Crippen LogP contribution in [0.15, 0.2) is 0 Å². The summed E-state index contributed by atoms with van der Waals surface area (Å²) in [6.45, 7) is 8.29. The number of hydrogen-bond acceptors (Lipinski definition) is 4. The van der Waals surface area contributed by atoms with Gasteiger partial charge in [0.15, 0.2) is 0 Å².